The van der Waals surface area contributed by atoms with Crippen molar-refractivity contribution in [3.63, 3.8) is 0 Å². The highest BCUT2D eigenvalue weighted by molar-refractivity contribution is 7.22. The van der Waals surface area contributed by atoms with Crippen molar-refractivity contribution >= 4 is 32.6 Å². The number of aromatic nitrogens is 1. The molecule has 0 radical (unpaired) electrons. The number of fused-ring (bicyclic) bond motifs is 1. The van der Waals surface area contributed by atoms with E-state index in [1.54, 1.807) is 0 Å². The molecule has 0 fully saturated rings. The van der Waals surface area contributed by atoms with Gasteiger partial charge < -0.3 is 11.1 Å². The number of hydrogen-bond donors (Lipinski definition) is 2. The Morgan fingerprint density at radius 1 is 1.39 bits per heavy atom. The van der Waals surface area contributed by atoms with Crippen LogP contribution in [0.5, 0.6) is 0 Å². The summed E-state index contributed by atoms with van der Waals surface area (Å²) in [5.41, 5.74) is 6.14. The van der Waals surface area contributed by atoms with Crippen molar-refractivity contribution in [1.29, 1.82) is 0 Å². The summed E-state index contributed by atoms with van der Waals surface area (Å²) < 4.78 is 1.06. The molecule has 18 heavy (non-hydrogen) atoms. The number of hydrogen-bond acceptors (Lipinski definition) is 4. The summed E-state index contributed by atoms with van der Waals surface area (Å²) >= 11 is 1.46. The Labute approximate surface area is 110 Å². The van der Waals surface area contributed by atoms with Crippen LogP contribution in [0, 0.1) is 0 Å². The van der Waals surface area contributed by atoms with Crippen molar-refractivity contribution in [2.24, 2.45) is 5.73 Å². The van der Waals surface area contributed by atoms with Gasteiger partial charge in [0.1, 0.15) is 0 Å². The maximum Gasteiger partial charge on any atom is 0.246 e. The lowest BCUT2D eigenvalue weighted by Crippen LogP contribution is -2.50. The molecule has 0 saturated carbocycles. The van der Waals surface area contributed by atoms with E-state index in [2.05, 4.69) is 10.3 Å². The van der Waals surface area contributed by atoms with Crippen LogP contribution >= 0.6 is 11.3 Å². The summed E-state index contributed by atoms with van der Waals surface area (Å²) in [6, 6.07) is 7.80. The first-order valence-electron chi connectivity index (χ1n) is 6.05. The number of thiazole rings is 1. The van der Waals surface area contributed by atoms with Crippen molar-refractivity contribution in [1.82, 2.24) is 4.98 Å². The molecule has 3 N–H and O–H groups in total. The van der Waals surface area contributed by atoms with E-state index in [-0.39, 0.29) is 5.91 Å². The second-order valence-corrected chi connectivity index (χ2v) is 5.33. The summed E-state index contributed by atoms with van der Waals surface area (Å²) in [5.74, 6) is -0.161. The van der Waals surface area contributed by atoms with Gasteiger partial charge in [0.15, 0.2) is 5.13 Å². The zero-order valence-electron chi connectivity index (χ0n) is 10.6. The van der Waals surface area contributed by atoms with E-state index in [1.165, 1.54) is 11.3 Å². The number of para-hydroxylation sites is 1. The van der Waals surface area contributed by atoms with Gasteiger partial charge in [-0.25, -0.2) is 4.98 Å². The molecular formula is C13H17N3OS. The molecule has 1 amide bonds. The van der Waals surface area contributed by atoms with Crippen LogP contribution in [0.25, 0.3) is 10.2 Å². The van der Waals surface area contributed by atoms with Gasteiger partial charge in [0.05, 0.1) is 15.8 Å². The summed E-state index contributed by atoms with van der Waals surface area (Å²) in [7, 11) is 0. The van der Waals surface area contributed by atoms with Crippen LogP contribution in [-0.2, 0) is 4.79 Å². The normalized spacial score (nSPS) is 11.7. The van der Waals surface area contributed by atoms with Crippen LogP contribution < -0.4 is 11.1 Å². The number of carbonyl (C=O) groups is 1. The molecule has 5 heteroatoms. The van der Waals surface area contributed by atoms with E-state index in [1.807, 2.05) is 38.1 Å². The Morgan fingerprint density at radius 2 is 2.06 bits per heavy atom. The van der Waals surface area contributed by atoms with E-state index in [0.717, 1.165) is 10.2 Å². The lowest BCUT2D eigenvalue weighted by Gasteiger charge is -2.24. The summed E-state index contributed by atoms with van der Waals surface area (Å²) in [6.07, 6.45) is 1.22. The quantitative estimate of drug-likeness (QED) is 0.891. The summed E-state index contributed by atoms with van der Waals surface area (Å²) in [4.78, 5) is 16.5. The summed E-state index contributed by atoms with van der Waals surface area (Å²) in [6.45, 7) is 3.84. The molecule has 0 aliphatic carbocycles. The predicted octanol–water partition coefficient (Wildman–Crippen LogP) is 2.75. The van der Waals surface area contributed by atoms with Crippen LogP contribution in [-0.4, -0.2) is 16.4 Å². The first-order chi connectivity index (χ1) is 8.59. The minimum atomic E-state index is -0.808. The molecule has 0 aliphatic rings. The third-order valence-electron chi connectivity index (χ3n) is 3.23. The highest BCUT2D eigenvalue weighted by Crippen LogP contribution is 2.26. The van der Waals surface area contributed by atoms with Crippen molar-refractivity contribution in [2.45, 2.75) is 32.2 Å². The topological polar surface area (TPSA) is 68.0 Å². The number of carbonyl (C=O) groups excluding carboxylic acids is 1. The summed E-state index contributed by atoms with van der Waals surface area (Å²) in [5, 5.41) is 3.43. The fraction of sp³-hybridized carbons (Fsp3) is 0.385. The van der Waals surface area contributed by atoms with Gasteiger partial charge in [0.25, 0.3) is 0 Å². The van der Waals surface area contributed by atoms with Gasteiger partial charge in [-0.3, -0.25) is 4.79 Å². The molecule has 4 nitrogen and oxygen atoms in total. The van der Waals surface area contributed by atoms with Crippen molar-refractivity contribution in [2.75, 3.05) is 5.32 Å². The zero-order valence-corrected chi connectivity index (χ0v) is 11.4. The number of nitrogens with two attached hydrogens (primary N) is 1. The van der Waals surface area contributed by atoms with Crippen LogP contribution in [0.15, 0.2) is 24.3 Å². The largest absolute Gasteiger partial charge is 0.317 e. The highest BCUT2D eigenvalue weighted by Gasteiger charge is 2.30. The van der Waals surface area contributed by atoms with Crippen LogP contribution in [0.2, 0.25) is 0 Å². The molecule has 0 bridgehead atoms. The highest BCUT2D eigenvalue weighted by atomic mass is 32.1. The molecule has 2 aromatic rings. The molecular weight excluding hydrogens is 246 g/mol. The van der Waals surface area contributed by atoms with E-state index in [9.17, 15) is 4.79 Å². The Bertz CT molecular complexity index is 527. The molecule has 1 aromatic carbocycles. The number of benzene rings is 1. The first kappa shape index (κ1) is 13.0. The van der Waals surface area contributed by atoms with E-state index in [0.29, 0.717) is 18.0 Å². The molecule has 0 spiro atoms. The fourth-order valence-electron chi connectivity index (χ4n) is 1.72. The van der Waals surface area contributed by atoms with Crippen LogP contribution in [0.4, 0.5) is 5.13 Å². The van der Waals surface area contributed by atoms with Gasteiger partial charge in [-0.15, -0.1) is 0 Å². The van der Waals surface area contributed by atoms with Gasteiger partial charge in [-0.2, -0.15) is 0 Å². The van der Waals surface area contributed by atoms with Crippen molar-refractivity contribution in [3.05, 3.63) is 24.3 Å². The molecule has 0 atom stereocenters. The zero-order chi connectivity index (χ0) is 13.2. The number of anilines is 1. The molecule has 0 unspecified atom stereocenters. The van der Waals surface area contributed by atoms with E-state index in [4.69, 9.17) is 5.73 Å². The Morgan fingerprint density at radius 3 is 2.67 bits per heavy atom. The average Bonchev–Trinajstić information content (AvgIpc) is 2.79. The smallest absolute Gasteiger partial charge is 0.246 e. The van der Waals surface area contributed by atoms with Crippen molar-refractivity contribution in [3.8, 4) is 0 Å². The third-order valence-corrected chi connectivity index (χ3v) is 4.18. The predicted molar refractivity (Wildman–Crippen MR) is 75.8 cm³/mol. The SMILES string of the molecule is CCC(N)(CC)C(=O)Nc1nc2ccccc2s1. The molecule has 96 valence electrons. The van der Waals surface area contributed by atoms with Gasteiger partial charge in [0.2, 0.25) is 5.91 Å². The van der Waals surface area contributed by atoms with E-state index >= 15 is 0 Å². The second-order valence-electron chi connectivity index (χ2n) is 4.30. The molecule has 0 saturated heterocycles. The number of rotatable bonds is 4. The second kappa shape index (κ2) is 5.04. The van der Waals surface area contributed by atoms with Crippen molar-refractivity contribution < 1.29 is 4.79 Å². The van der Waals surface area contributed by atoms with Crippen LogP contribution in [0.1, 0.15) is 26.7 Å². The Kier molecular flexibility index (Phi) is 3.63. The van der Waals surface area contributed by atoms with Gasteiger partial charge in [-0.1, -0.05) is 37.3 Å². The lowest BCUT2D eigenvalue weighted by atomic mass is 9.93. The van der Waals surface area contributed by atoms with Gasteiger partial charge >= 0.3 is 0 Å². The average molecular weight is 263 g/mol. The maximum absolute atomic E-state index is 12.1. The molecule has 1 heterocycles. The van der Waals surface area contributed by atoms with Gasteiger partial charge in [-0.05, 0) is 25.0 Å². The first-order valence-corrected chi connectivity index (χ1v) is 6.86. The van der Waals surface area contributed by atoms with Crippen LogP contribution in [0.3, 0.4) is 0 Å². The van der Waals surface area contributed by atoms with Gasteiger partial charge in [0, 0.05) is 0 Å². The van der Waals surface area contributed by atoms with E-state index < -0.39 is 5.54 Å². The fourth-order valence-corrected chi connectivity index (χ4v) is 2.58. The molecule has 2 rings (SSSR count). The Balaban J connectivity index is 2.21. The Hall–Kier alpha value is -1.46. The minimum absolute atomic E-state index is 0.161. The monoisotopic (exact) mass is 263 g/mol. The molecule has 0 aliphatic heterocycles. The number of nitrogens with one attached hydrogen (secondary N) is 1. The standard InChI is InChI=1S/C13H17N3OS/c1-3-13(14,4-2)11(17)16-12-15-9-7-5-6-8-10(9)18-12/h5-8H,3-4,14H2,1-2H3,(H,15,16,17). The lowest BCUT2D eigenvalue weighted by molar-refractivity contribution is -0.121. The third kappa shape index (κ3) is 2.37. The molecule has 1 aromatic heterocycles. The number of nitrogens with zero attached hydrogens (tertiary/aromatic N) is 1. The minimum Gasteiger partial charge on any atom is -0.317 e. The maximum atomic E-state index is 12.1. The number of amides is 1.